The maximum absolute atomic E-state index is 11.0. The zero-order valence-electron chi connectivity index (χ0n) is 7.50. The standard InChI is InChI=1S/C8H15NO3/c1-8(2,7(9)10)6-5-11-3-4-12-6/h6H,3-5H2,1-2H3,(H2,9,10). The molecule has 70 valence electrons. The molecule has 4 nitrogen and oxygen atoms in total. The Morgan fingerprint density at radius 3 is 2.58 bits per heavy atom. The second-order valence-corrected chi connectivity index (χ2v) is 3.52. The van der Waals surface area contributed by atoms with Crippen molar-refractivity contribution < 1.29 is 14.3 Å². The van der Waals surface area contributed by atoms with Gasteiger partial charge in [0, 0.05) is 0 Å². The Hall–Kier alpha value is -0.610. The van der Waals surface area contributed by atoms with Crippen molar-refractivity contribution in [3.63, 3.8) is 0 Å². The number of primary amides is 1. The molecule has 1 rings (SSSR count). The lowest BCUT2D eigenvalue weighted by Crippen LogP contribution is -2.48. The highest BCUT2D eigenvalue weighted by Crippen LogP contribution is 2.24. The number of carbonyl (C=O) groups excluding carboxylic acids is 1. The summed E-state index contributed by atoms with van der Waals surface area (Å²) in [6.45, 7) is 5.14. The molecule has 0 bridgehead atoms. The van der Waals surface area contributed by atoms with E-state index >= 15 is 0 Å². The lowest BCUT2D eigenvalue weighted by Gasteiger charge is -2.33. The fraction of sp³-hybridized carbons (Fsp3) is 0.875. The number of amides is 1. The van der Waals surface area contributed by atoms with Crippen molar-refractivity contribution in [2.45, 2.75) is 20.0 Å². The SMILES string of the molecule is CC(C)(C(N)=O)C1COCCO1. The largest absolute Gasteiger partial charge is 0.376 e. The molecular weight excluding hydrogens is 158 g/mol. The Labute approximate surface area is 72.0 Å². The van der Waals surface area contributed by atoms with Gasteiger partial charge in [0.05, 0.1) is 31.3 Å². The molecule has 0 aromatic heterocycles. The van der Waals surface area contributed by atoms with Crippen LogP contribution in [0.3, 0.4) is 0 Å². The topological polar surface area (TPSA) is 61.6 Å². The molecule has 1 aliphatic rings. The lowest BCUT2D eigenvalue weighted by atomic mass is 9.86. The summed E-state index contributed by atoms with van der Waals surface area (Å²) >= 11 is 0. The molecule has 2 N–H and O–H groups in total. The predicted octanol–water partition coefficient (Wildman–Crippen LogP) is -0.0867. The van der Waals surface area contributed by atoms with Gasteiger partial charge in [0.2, 0.25) is 5.91 Å². The van der Waals surface area contributed by atoms with Gasteiger partial charge in [-0.3, -0.25) is 4.79 Å². The van der Waals surface area contributed by atoms with E-state index in [2.05, 4.69) is 0 Å². The van der Waals surface area contributed by atoms with E-state index in [-0.39, 0.29) is 12.0 Å². The average molecular weight is 173 g/mol. The van der Waals surface area contributed by atoms with E-state index in [1.165, 1.54) is 0 Å². The first-order valence-electron chi connectivity index (χ1n) is 4.04. The van der Waals surface area contributed by atoms with Crippen LogP contribution in [0, 0.1) is 5.41 Å². The van der Waals surface area contributed by atoms with Gasteiger partial charge < -0.3 is 15.2 Å². The minimum absolute atomic E-state index is 0.205. The molecule has 0 aliphatic carbocycles. The van der Waals surface area contributed by atoms with Crippen LogP contribution in [-0.2, 0) is 14.3 Å². The highest BCUT2D eigenvalue weighted by Gasteiger charge is 2.37. The summed E-state index contributed by atoms with van der Waals surface area (Å²) in [4.78, 5) is 11.0. The fourth-order valence-corrected chi connectivity index (χ4v) is 1.06. The maximum atomic E-state index is 11.0. The molecule has 12 heavy (non-hydrogen) atoms. The van der Waals surface area contributed by atoms with Crippen LogP contribution in [-0.4, -0.2) is 31.8 Å². The van der Waals surface area contributed by atoms with Gasteiger partial charge in [0.25, 0.3) is 0 Å². The smallest absolute Gasteiger partial charge is 0.225 e. The Kier molecular flexibility index (Phi) is 2.69. The Bertz CT molecular complexity index is 173. The Morgan fingerprint density at radius 2 is 2.17 bits per heavy atom. The number of hydrogen-bond donors (Lipinski definition) is 1. The summed E-state index contributed by atoms with van der Waals surface area (Å²) < 4.78 is 10.6. The monoisotopic (exact) mass is 173 g/mol. The molecule has 1 aliphatic heterocycles. The van der Waals surface area contributed by atoms with Crippen LogP contribution in [0.1, 0.15) is 13.8 Å². The van der Waals surface area contributed by atoms with Crippen molar-refractivity contribution in [3.8, 4) is 0 Å². The molecular formula is C8H15NO3. The number of ether oxygens (including phenoxy) is 2. The number of nitrogens with two attached hydrogens (primary N) is 1. The van der Waals surface area contributed by atoms with Crippen LogP contribution in [0.5, 0.6) is 0 Å². The zero-order chi connectivity index (χ0) is 9.19. The third kappa shape index (κ3) is 1.76. The molecule has 1 unspecified atom stereocenters. The quantitative estimate of drug-likeness (QED) is 0.635. The van der Waals surface area contributed by atoms with E-state index in [1.54, 1.807) is 13.8 Å². The third-order valence-corrected chi connectivity index (χ3v) is 2.26. The van der Waals surface area contributed by atoms with E-state index in [4.69, 9.17) is 15.2 Å². The highest BCUT2D eigenvalue weighted by atomic mass is 16.6. The van der Waals surface area contributed by atoms with Gasteiger partial charge in [-0.1, -0.05) is 0 Å². The van der Waals surface area contributed by atoms with Crippen LogP contribution in [0.15, 0.2) is 0 Å². The maximum Gasteiger partial charge on any atom is 0.225 e. The first kappa shape index (κ1) is 9.48. The Morgan fingerprint density at radius 1 is 1.50 bits per heavy atom. The van der Waals surface area contributed by atoms with Gasteiger partial charge in [0.1, 0.15) is 0 Å². The zero-order valence-corrected chi connectivity index (χ0v) is 7.50. The minimum Gasteiger partial charge on any atom is -0.376 e. The van der Waals surface area contributed by atoms with Crippen molar-refractivity contribution in [3.05, 3.63) is 0 Å². The molecule has 1 atom stereocenters. The van der Waals surface area contributed by atoms with Gasteiger partial charge in [-0.25, -0.2) is 0 Å². The molecule has 0 aromatic carbocycles. The second kappa shape index (κ2) is 3.41. The normalized spacial score (nSPS) is 25.3. The molecule has 0 radical (unpaired) electrons. The molecule has 1 amide bonds. The van der Waals surface area contributed by atoms with E-state index in [0.717, 1.165) is 0 Å². The van der Waals surface area contributed by atoms with Crippen LogP contribution < -0.4 is 5.73 Å². The van der Waals surface area contributed by atoms with Gasteiger partial charge in [-0.2, -0.15) is 0 Å². The van der Waals surface area contributed by atoms with Crippen LogP contribution in [0.2, 0.25) is 0 Å². The molecule has 4 heteroatoms. The molecule has 0 saturated carbocycles. The average Bonchev–Trinajstić information content (AvgIpc) is 2.06. The predicted molar refractivity (Wildman–Crippen MR) is 43.5 cm³/mol. The minimum atomic E-state index is -0.638. The molecule has 0 spiro atoms. The van der Waals surface area contributed by atoms with Crippen molar-refractivity contribution in [1.29, 1.82) is 0 Å². The number of hydrogen-bond acceptors (Lipinski definition) is 3. The first-order chi connectivity index (χ1) is 5.55. The summed E-state index contributed by atoms with van der Waals surface area (Å²) in [6.07, 6.45) is -0.205. The first-order valence-corrected chi connectivity index (χ1v) is 4.04. The van der Waals surface area contributed by atoms with E-state index in [1.807, 2.05) is 0 Å². The van der Waals surface area contributed by atoms with Gasteiger partial charge in [-0.15, -0.1) is 0 Å². The van der Waals surface area contributed by atoms with E-state index in [0.29, 0.717) is 19.8 Å². The summed E-state index contributed by atoms with van der Waals surface area (Å²) in [5.41, 5.74) is 4.59. The molecule has 1 fully saturated rings. The third-order valence-electron chi connectivity index (χ3n) is 2.26. The van der Waals surface area contributed by atoms with Gasteiger partial charge >= 0.3 is 0 Å². The fourth-order valence-electron chi connectivity index (χ4n) is 1.06. The van der Waals surface area contributed by atoms with Gasteiger partial charge in [-0.05, 0) is 13.8 Å². The van der Waals surface area contributed by atoms with Crippen molar-refractivity contribution in [2.24, 2.45) is 11.1 Å². The van der Waals surface area contributed by atoms with Crippen LogP contribution >= 0.6 is 0 Å². The van der Waals surface area contributed by atoms with Crippen LogP contribution in [0.25, 0.3) is 0 Å². The van der Waals surface area contributed by atoms with Gasteiger partial charge in [0.15, 0.2) is 0 Å². The summed E-state index contributed by atoms with van der Waals surface area (Å²) in [7, 11) is 0. The Balaban J connectivity index is 2.59. The number of rotatable bonds is 2. The van der Waals surface area contributed by atoms with Crippen molar-refractivity contribution in [1.82, 2.24) is 0 Å². The molecule has 1 saturated heterocycles. The van der Waals surface area contributed by atoms with E-state index in [9.17, 15) is 4.79 Å². The number of carbonyl (C=O) groups is 1. The van der Waals surface area contributed by atoms with Crippen molar-refractivity contribution in [2.75, 3.05) is 19.8 Å². The molecule has 1 heterocycles. The summed E-state index contributed by atoms with van der Waals surface area (Å²) in [5.74, 6) is -0.349. The summed E-state index contributed by atoms with van der Waals surface area (Å²) in [5, 5.41) is 0. The molecule has 0 aromatic rings. The van der Waals surface area contributed by atoms with Crippen molar-refractivity contribution >= 4 is 5.91 Å². The van der Waals surface area contributed by atoms with Crippen LogP contribution in [0.4, 0.5) is 0 Å². The van der Waals surface area contributed by atoms with E-state index < -0.39 is 5.41 Å². The summed E-state index contributed by atoms with van der Waals surface area (Å²) in [6, 6.07) is 0. The lowest BCUT2D eigenvalue weighted by molar-refractivity contribution is -0.154. The second-order valence-electron chi connectivity index (χ2n) is 3.52. The highest BCUT2D eigenvalue weighted by molar-refractivity contribution is 5.80.